The lowest BCUT2D eigenvalue weighted by Gasteiger charge is -2.55. The van der Waals surface area contributed by atoms with Crippen molar-refractivity contribution in [3.05, 3.63) is 5.53 Å². The van der Waals surface area contributed by atoms with Crippen LogP contribution >= 0.6 is 0 Å². The van der Waals surface area contributed by atoms with Crippen molar-refractivity contribution in [1.82, 2.24) is 15.5 Å². The summed E-state index contributed by atoms with van der Waals surface area (Å²) in [5.41, 5.74) is 8.04. The maximum absolute atomic E-state index is 13.7. The van der Waals surface area contributed by atoms with E-state index < -0.39 is 35.2 Å². The first-order valence-electron chi connectivity index (χ1n) is 14.0. The van der Waals surface area contributed by atoms with Crippen molar-refractivity contribution >= 4 is 35.7 Å². The molecule has 11 nitrogen and oxygen atoms in total. The highest BCUT2D eigenvalue weighted by Crippen LogP contribution is 2.60. The van der Waals surface area contributed by atoms with Gasteiger partial charge in [-0.25, -0.2) is 4.79 Å². The predicted molar refractivity (Wildman–Crippen MR) is 136 cm³/mol. The lowest BCUT2D eigenvalue weighted by molar-refractivity contribution is -0.149. The number of carboxylic acid groups (broad SMARTS) is 1. The van der Waals surface area contributed by atoms with Crippen molar-refractivity contribution in [2.24, 2.45) is 23.2 Å². The summed E-state index contributed by atoms with van der Waals surface area (Å²) in [4.78, 5) is 66.7. The second kappa shape index (κ2) is 12.2. The van der Waals surface area contributed by atoms with Crippen molar-refractivity contribution < 1.29 is 33.9 Å². The number of carboxylic acids is 1. The maximum atomic E-state index is 13.7. The van der Waals surface area contributed by atoms with Crippen molar-refractivity contribution in [2.45, 2.75) is 95.6 Å². The van der Waals surface area contributed by atoms with E-state index in [1.54, 1.807) is 0 Å². The summed E-state index contributed by atoms with van der Waals surface area (Å²) in [5.74, 6) is -0.707. The molecule has 2 atom stereocenters. The summed E-state index contributed by atoms with van der Waals surface area (Å²) in [7, 11) is 0. The second-order valence-corrected chi connectivity index (χ2v) is 11.9. The molecule has 3 N–H and O–H groups in total. The number of unbranched alkanes of at least 4 members (excludes halogenated alkanes) is 1. The van der Waals surface area contributed by atoms with Gasteiger partial charge in [0.1, 0.15) is 12.1 Å². The number of nitrogens with one attached hydrogen (secondary N) is 2. The summed E-state index contributed by atoms with van der Waals surface area (Å²) in [6.45, 7) is 1.34. The lowest BCUT2D eigenvalue weighted by Crippen LogP contribution is -2.58. The average molecular weight is 530 g/mol. The molecule has 0 aromatic heterocycles. The maximum Gasteiger partial charge on any atom is 0.326 e. The average Bonchev–Trinajstić information content (AvgIpc) is 3.26. The van der Waals surface area contributed by atoms with Gasteiger partial charge in [-0.15, -0.1) is 0 Å². The number of amides is 3. The van der Waals surface area contributed by atoms with Crippen LogP contribution in [0, 0.1) is 23.2 Å². The van der Waals surface area contributed by atoms with Gasteiger partial charge in [0.25, 0.3) is 0 Å². The minimum atomic E-state index is -1.32. The van der Waals surface area contributed by atoms with Gasteiger partial charge in [-0.05, 0) is 88.4 Å². The van der Waals surface area contributed by atoms with E-state index in [4.69, 9.17) is 5.53 Å². The molecule has 208 valence electrons. The van der Waals surface area contributed by atoms with Crippen molar-refractivity contribution in [3.63, 3.8) is 0 Å². The minimum Gasteiger partial charge on any atom is -0.480 e. The molecule has 0 aromatic carbocycles. The SMILES string of the molecule is [N-]=[N+]=CC(=O)CC[C@H](NC(=O)[C@H](CCCCN1CCCC1=O)NC(=O)C12CC3CC(CC(C3)C1)C2)C(=O)O. The predicted octanol–water partition coefficient (Wildman–Crippen LogP) is 1.70. The fraction of sp³-hybridized carbons (Fsp3) is 0.778. The molecule has 1 aliphatic heterocycles. The molecule has 38 heavy (non-hydrogen) atoms. The van der Waals surface area contributed by atoms with Gasteiger partial charge in [-0.3, -0.25) is 19.2 Å². The summed E-state index contributed by atoms with van der Waals surface area (Å²) < 4.78 is 0. The molecular formula is C27H39N5O6. The highest BCUT2D eigenvalue weighted by Gasteiger charge is 2.55. The quantitative estimate of drug-likeness (QED) is 0.134. The van der Waals surface area contributed by atoms with Crippen LogP contribution in [0.2, 0.25) is 0 Å². The van der Waals surface area contributed by atoms with Crippen LogP contribution in [0.4, 0.5) is 0 Å². The van der Waals surface area contributed by atoms with Crippen LogP contribution in [0.25, 0.3) is 5.53 Å². The molecule has 4 saturated carbocycles. The molecule has 4 aliphatic carbocycles. The molecule has 0 spiro atoms. The highest BCUT2D eigenvalue weighted by molar-refractivity contribution is 6.25. The molecule has 5 fully saturated rings. The van der Waals surface area contributed by atoms with E-state index in [1.165, 1.54) is 19.3 Å². The number of Topliss-reactive ketones (excluding diaryl/α,β-unsaturated/α-hetero) is 1. The van der Waals surface area contributed by atoms with Gasteiger partial charge in [0, 0.05) is 31.3 Å². The Morgan fingerprint density at radius 1 is 1.03 bits per heavy atom. The molecule has 0 unspecified atom stereocenters. The Kier molecular flexibility index (Phi) is 8.97. The molecule has 0 aromatic rings. The van der Waals surface area contributed by atoms with Gasteiger partial charge >= 0.3 is 12.2 Å². The van der Waals surface area contributed by atoms with Gasteiger partial charge in [0.05, 0.1) is 0 Å². The molecule has 11 heteroatoms. The third-order valence-corrected chi connectivity index (χ3v) is 8.98. The number of hydrogen-bond acceptors (Lipinski definition) is 5. The van der Waals surface area contributed by atoms with E-state index in [1.807, 2.05) is 4.90 Å². The zero-order chi connectivity index (χ0) is 27.3. The summed E-state index contributed by atoms with van der Waals surface area (Å²) >= 11 is 0. The number of rotatable bonds is 14. The van der Waals surface area contributed by atoms with Crippen molar-refractivity contribution in [1.29, 1.82) is 0 Å². The minimum absolute atomic E-state index is 0.104. The van der Waals surface area contributed by atoms with Gasteiger partial charge in [-0.2, -0.15) is 4.79 Å². The Bertz CT molecular complexity index is 971. The number of nitrogens with zero attached hydrogens (tertiary/aromatic N) is 3. The third kappa shape index (κ3) is 6.67. The Morgan fingerprint density at radius 2 is 1.68 bits per heavy atom. The van der Waals surface area contributed by atoms with Crippen LogP contribution in [-0.4, -0.2) is 75.7 Å². The second-order valence-electron chi connectivity index (χ2n) is 11.9. The standard InChI is InChI=1S/C27H39N5O6/c28-29-16-20(33)6-7-22(25(36)37)30-24(35)21(4-1-2-8-32-9-3-5-23(32)34)31-26(38)27-13-17-10-18(14-27)12-19(11-17)15-27/h16-19,21-22H,1-15H2,(H,30,35)(H,31,38)(H,36,37)/t17?,18?,19?,21-,22-,27?/m0/s1. The van der Waals surface area contributed by atoms with E-state index in [2.05, 4.69) is 15.4 Å². The van der Waals surface area contributed by atoms with Gasteiger partial charge in [0.15, 0.2) is 0 Å². The van der Waals surface area contributed by atoms with Gasteiger partial charge in [-0.1, -0.05) is 0 Å². The number of carbonyl (C=O) groups excluding carboxylic acids is 4. The lowest BCUT2D eigenvalue weighted by atomic mass is 9.49. The first-order chi connectivity index (χ1) is 18.2. The van der Waals surface area contributed by atoms with Crippen molar-refractivity contribution in [2.75, 3.05) is 13.1 Å². The topological polar surface area (TPSA) is 169 Å². The van der Waals surface area contributed by atoms with Crippen LogP contribution in [0.3, 0.4) is 0 Å². The van der Waals surface area contributed by atoms with Gasteiger partial charge < -0.3 is 26.2 Å². The largest absolute Gasteiger partial charge is 0.480 e. The Hall–Kier alpha value is -3.07. The summed E-state index contributed by atoms with van der Waals surface area (Å²) in [5, 5.41) is 15.1. The number of likely N-dealkylation sites (tertiary alicyclic amines) is 1. The molecule has 4 bridgehead atoms. The Morgan fingerprint density at radius 3 is 2.24 bits per heavy atom. The molecule has 5 aliphatic rings. The van der Waals surface area contributed by atoms with E-state index in [0.717, 1.165) is 32.2 Å². The normalized spacial score (nSPS) is 28.9. The van der Waals surface area contributed by atoms with Gasteiger partial charge in [0.2, 0.25) is 23.5 Å². The number of carbonyl (C=O) groups is 5. The van der Waals surface area contributed by atoms with Crippen molar-refractivity contribution in [3.8, 4) is 0 Å². The zero-order valence-electron chi connectivity index (χ0n) is 21.9. The molecular weight excluding hydrogens is 490 g/mol. The Balaban J connectivity index is 1.39. The Labute approximate surface area is 222 Å². The number of aliphatic carboxylic acids is 1. The number of ketones is 1. The third-order valence-electron chi connectivity index (χ3n) is 8.98. The van der Waals surface area contributed by atoms with Crippen LogP contribution in [0.1, 0.15) is 83.5 Å². The smallest absolute Gasteiger partial charge is 0.326 e. The molecule has 1 saturated heterocycles. The summed E-state index contributed by atoms with van der Waals surface area (Å²) in [6, 6.07) is -2.22. The molecule has 1 heterocycles. The number of hydrogen-bond donors (Lipinski definition) is 3. The van der Waals surface area contributed by atoms with E-state index in [-0.39, 0.29) is 24.7 Å². The highest BCUT2D eigenvalue weighted by atomic mass is 16.4. The van der Waals surface area contributed by atoms with E-state index in [9.17, 15) is 29.1 Å². The molecule has 5 rings (SSSR count). The first kappa shape index (κ1) is 28.0. The molecule has 0 radical (unpaired) electrons. The van der Waals surface area contributed by atoms with E-state index in [0.29, 0.717) is 56.2 Å². The van der Waals surface area contributed by atoms with Crippen LogP contribution in [-0.2, 0) is 24.0 Å². The van der Waals surface area contributed by atoms with Crippen LogP contribution in [0.5, 0.6) is 0 Å². The van der Waals surface area contributed by atoms with Crippen LogP contribution < -0.4 is 10.6 Å². The fourth-order valence-corrected chi connectivity index (χ4v) is 7.51. The molecule has 3 amide bonds. The zero-order valence-corrected chi connectivity index (χ0v) is 21.9. The first-order valence-corrected chi connectivity index (χ1v) is 14.0. The summed E-state index contributed by atoms with van der Waals surface area (Å²) in [6.07, 6.45) is 9.44. The fourth-order valence-electron chi connectivity index (χ4n) is 7.51. The monoisotopic (exact) mass is 529 g/mol. The van der Waals surface area contributed by atoms with E-state index >= 15 is 0 Å². The van der Waals surface area contributed by atoms with Crippen LogP contribution in [0.15, 0.2) is 0 Å².